The lowest BCUT2D eigenvalue weighted by Gasteiger charge is -2.34. The number of amides is 1. The molecule has 1 atom stereocenters. The van der Waals surface area contributed by atoms with Gasteiger partial charge in [0.2, 0.25) is 5.88 Å². The first-order valence-corrected chi connectivity index (χ1v) is 15.8. The van der Waals surface area contributed by atoms with Gasteiger partial charge in [-0.3, -0.25) is 4.79 Å². The number of ether oxygens (including phenoxy) is 1. The summed E-state index contributed by atoms with van der Waals surface area (Å²) >= 11 is 0. The van der Waals surface area contributed by atoms with Crippen LogP contribution in [0, 0.1) is 11.3 Å². The number of hydrogen-bond acceptors (Lipinski definition) is 9. The van der Waals surface area contributed by atoms with Crippen molar-refractivity contribution in [1.82, 2.24) is 24.5 Å². The summed E-state index contributed by atoms with van der Waals surface area (Å²) < 4.78 is 35.9. The molecule has 2 fully saturated rings. The maximum atomic E-state index is 13.5. The topological polar surface area (TPSA) is 131 Å². The lowest BCUT2D eigenvalue weighted by molar-refractivity contribution is 0.0981. The summed E-state index contributed by atoms with van der Waals surface area (Å²) in [5.41, 5.74) is 0.360. The number of carbonyl (C=O) groups is 1. The van der Waals surface area contributed by atoms with E-state index in [-0.39, 0.29) is 16.1 Å². The number of sulfonamides is 1. The summed E-state index contributed by atoms with van der Waals surface area (Å²) in [4.78, 5) is 24.7. The predicted molar refractivity (Wildman–Crippen MR) is 155 cm³/mol. The largest absolute Gasteiger partial charge is 0.477 e. The normalized spacial score (nSPS) is 22.2. The van der Waals surface area contributed by atoms with Crippen LogP contribution in [0.4, 0.5) is 11.6 Å². The number of aromatic nitrogens is 4. The molecule has 5 heterocycles. The molecule has 3 aromatic rings. The molecule has 12 heteroatoms. The van der Waals surface area contributed by atoms with E-state index in [4.69, 9.17) is 9.72 Å². The highest BCUT2D eigenvalue weighted by atomic mass is 32.2. The fourth-order valence-electron chi connectivity index (χ4n) is 5.85. The molecule has 0 spiro atoms. The van der Waals surface area contributed by atoms with E-state index in [9.17, 15) is 13.2 Å². The Bertz CT molecular complexity index is 1560. The molecule has 0 aromatic carbocycles. The van der Waals surface area contributed by atoms with Crippen LogP contribution in [0.1, 0.15) is 69.7 Å². The van der Waals surface area contributed by atoms with Crippen molar-refractivity contribution in [2.75, 3.05) is 29.9 Å². The van der Waals surface area contributed by atoms with Crippen molar-refractivity contribution < 1.29 is 17.9 Å². The van der Waals surface area contributed by atoms with E-state index >= 15 is 0 Å². The Kier molecular flexibility index (Phi) is 6.91. The molecule has 3 aliphatic rings. The highest BCUT2D eigenvalue weighted by molar-refractivity contribution is 7.90. The van der Waals surface area contributed by atoms with Gasteiger partial charge in [0.15, 0.2) is 10.8 Å². The summed E-state index contributed by atoms with van der Waals surface area (Å²) in [6.07, 6.45) is 8.27. The van der Waals surface area contributed by atoms with E-state index in [0.717, 1.165) is 25.7 Å². The van der Waals surface area contributed by atoms with Crippen LogP contribution in [-0.4, -0.2) is 59.3 Å². The molecule has 1 amide bonds. The van der Waals surface area contributed by atoms with Gasteiger partial charge in [-0.1, -0.05) is 13.0 Å². The first kappa shape index (κ1) is 27.5. The summed E-state index contributed by atoms with van der Waals surface area (Å²) in [6, 6.07) is 9.78. The van der Waals surface area contributed by atoms with Gasteiger partial charge in [0.25, 0.3) is 15.9 Å². The molecule has 218 valence electrons. The number of carbonyl (C=O) groups excluding carboxylic acids is 1. The number of pyridine rings is 2. The van der Waals surface area contributed by atoms with Crippen LogP contribution in [-0.2, 0) is 10.0 Å². The molecule has 11 nitrogen and oxygen atoms in total. The van der Waals surface area contributed by atoms with Crippen molar-refractivity contribution in [3.05, 3.63) is 48.2 Å². The lowest BCUT2D eigenvalue weighted by Crippen LogP contribution is -2.41. The average molecular weight is 580 g/mol. The van der Waals surface area contributed by atoms with E-state index in [1.165, 1.54) is 18.9 Å². The molecule has 1 aliphatic carbocycles. The number of fused-ring (bicyclic) bond motifs is 6. The van der Waals surface area contributed by atoms with Crippen LogP contribution in [0.25, 0.3) is 5.82 Å². The zero-order valence-corrected chi connectivity index (χ0v) is 24.6. The monoisotopic (exact) mass is 579 g/mol. The molecule has 6 rings (SSSR count). The molecule has 0 radical (unpaired) electrons. The SMILES string of the molecule is CC1(CCCOc2ccn(-c3ccc4c(n3)N3CC(CCNc5cccc(n5)S(=O)(=O)NC4=O)CC3(C)C)n2)CC1. The van der Waals surface area contributed by atoms with Gasteiger partial charge in [-0.25, -0.2) is 19.4 Å². The fraction of sp³-hybridized carbons (Fsp3) is 0.517. The van der Waals surface area contributed by atoms with Crippen LogP contribution < -0.4 is 19.7 Å². The Balaban J connectivity index is 1.31. The van der Waals surface area contributed by atoms with Crippen LogP contribution in [0.2, 0.25) is 0 Å². The van der Waals surface area contributed by atoms with Crippen molar-refractivity contribution in [2.45, 2.75) is 69.9 Å². The van der Waals surface area contributed by atoms with Crippen molar-refractivity contribution in [3.63, 3.8) is 0 Å². The third kappa shape index (κ3) is 5.88. The molecule has 2 N–H and O–H groups in total. The summed E-state index contributed by atoms with van der Waals surface area (Å²) in [7, 11) is -4.21. The smallest absolute Gasteiger partial charge is 0.281 e. The second-order valence-electron chi connectivity index (χ2n) is 12.4. The highest BCUT2D eigenvalue weighted by Gasteiger charge is 2.41. The Morgan fingerprint density at radius 1 is 1.10 bits per heavy atom. The van der Waals surface area contributed by atoms with Crippen LogP contribution in [0.5, 0.6) is 5.88 Å². The van der Waals surface area contributed by atoms with Gasteiger partial charge in [-0.15, -0.1) is 5.10 Å². The van der Waals surface area contributed by atoms with Crippen molar-refractivity contribution >= 4 is 27.6 Å². The van der Waals surface area contributed by atoms with E-state index in [1.807, 2.05) is 0 Å². The van der Waals surface area contributed by atoms with Gasteiger partial charge < -0.3 is 15.0 Å². The maximum absolute atomic E-state index is 13.5. The zero-order chi connectivity index (χ0) is 28.8. The average Bonchev–Trinajstić information content (AvgIpc) is 3.33. The van der Waals surface area contributed by atoms with Gasteiger partial charge in [0, 0.05) is 30.9 Å². The molecular formula is C29H37N7O4S. The molecular weight excluding hydrogens is 542 g/mol. The summed E-state index contributed by atoms with van der Waals surface area (Å²) in [5, 5.41) is 7.57. The minimum Gasteiger partial charge on any atom is -0.477 e. The quantitative estimate of drug-likeness (QED) is 0.413. The lowest BCUT2D eigenvalue weighted by atomic mass is 9.94. The predicted octanol–water partition coefficient (Wildman–Crippen LogP) is 4.16. The minimum atomic E-state index is -4.21. The van der Waals surface area contributed by atoms with Crippen molar-refractivity contribution in [2.24, 2.45) is 11.3 Å². The molecule has 41 heavy (non-hydrogen) atoms. The Morgan fingerprint density at radius 2 is 1.93 bits per heavy atom. The summed E-state index contributed by atoms with van der Waals surface area (Å²) in [6.45, 7) is 8.49. The van der Waals surface area contributed by atoms with Crippen molar-refractivity contribution in [3.8, 4) is 11.7 Å². The first-order chi connectivity index (χ1) is 19.5. The number of nitrogens with one attached hydrogen (secondary N) is 2. The van der Waals surface area contributed by atoms with Crippen molar-refractivity contribution in [1.29, 1.82) is 0 Å². The van der Waals surface area contributed by atoms with Crippen LogP contribution in [0.15, 0.2) is 47.6 Å². The van der Waals surface area contributed by atoms with Gasteiger partial charge in [-0.2, -0.15) is 8.42 Å². The minimum absolute atomic E-state index is 0.176. The fourth-order valence-corrected chi connectivity index (χ4v) is 6.78. The van der Waals surface area contributed by atoms with Gasteiger partial charge in [0.05, 0.1) is 12.2 Å². The van der Waals surface area contributed by atoms with Crippen LogP contribution in [0.3, 0.4) is 0 Å². The Hall–Kier alpha value is -3.67. The van der Waals surface area contributed by atoms with E-state index in [1.54, 1.807) is 41.2 Å². The third-order valence-corrected chi connectivity index (χ3v) is 9.71. The highest BCUT2D eigenvalue weighted by Crippen LogP contribution is 2.48. The Morgan fingerprint density at radius 3 is 2.73 bits per heavy atom. The first-order valence-electron chi connectivity index (χ1n) is 14.3. The molecule has 1 unspecified atom stereocenters. The number of nitrogens with zero attached hydrogens (tertiary/aromatic N) is 5. The second kappa shape index (κ2) is 10.3. The van der Waals surface area contributed by atoms with Gasteiger partial charge >= 0.3 is 0 Å². The van der Waals surface area contributed by atoms with Crippen LogP contribution >= 0.6 is 0 Å². The second-order valence-corrected chi connectivity index (χ2v) is 14.0. The number of hydrogen-bond donors (Lipinski definition) is 2. The Labute approximate surface area is 240 Å². The molecule has 1 saturated heterocycles. The maximum Gasteiger partial charge on any atom is 0.281 e. The number of anilines is 2. The molecule has 2 aliphatic heterocycles. The number of rotatable bonds is 6. The van der Waals surface area contributed by atoms with E-state index in [0.29, 0.717) is 54.4 Å². The third-order valence-electron chi connectivity index (χ3n) is 8.48. The van der Waals surface area contributed by atoms with E-state index < -0.39 is 15.9 Å². The van der Waals surface area contributed by atoms with Gasteiger partial charge in [0.1, 0.15) is 11.6 Å². The zero-order valence-electron chi connectivity index (χ0n) is 23.8. The summed E-state index contributed by atoms with van der Waals surface area (Å²) in [5.74, 6) is 1.49. The molecule has 1 saturated carbocycles. The molecule has 3 aromatic heterocycles. The van der Waals surface area contributed by atoms with Gasteiger partial charge in [-0.05, 0) is 88.0 Å². The molecule has 4 bridgehead atoms. The standard InChI is InChI=1S/C29H37N7O4S/c1-28(2)18-20-10-15-30-22-6-4-7-25(31-22)41(38,39)34-27(37)21-8-9-23(32-26(21)35(28)19-20)36-16-11-24(33-36)40-17-5-12-29(3)13-14-29/h4,6-9,11,16,20H,5,10,12-15,17-19H2,1-3H3,(H,30,31)(H,34,37). The van der Waals surface area contributed by atoms with E-state index in [2.05, 4.69) is 45.8 Å².